The molecule has 0 spiro atoms. The monoisotopic (exact) mass is 415 g/mol. The molecule has 0 aromatic heterocycles. The molecule has 0 saturated carbocycles. The van der Waals surface area contributed by atoms with Crippen molar-refractivity contribution in [2.75, 3.05) is 11.9 Å². The first-order chi connectivity index (χ1) is 14.4. The van der Waals surface area contributed by atoms with E-state index in [1.807, 2.05) is 42.5 Å². The molecule has 30 heavy (non-hydrogen) atoms. The molecule has 0 heterocycles. The molecule has 0 bridgehead atoms. The summed E-state index contributed by atoms with van der Waals surface area (Å²) in [6, 6.07) is 29.0. The van der Waals surface area contributed by atoms with Crippen LogP contribution in [0.2, 0.25) is 0 Å². The molecule has 0 N–H and O–H groups in total. The van der Waals surface area contributed by atoms with Crippen LogP contribution in [0, 0.1) is 0 Å². The molecule has 4 nitrogen and oxygen atoms in total. The van der Waals surface area contributed by atoms with Gasteiger partial charge in [-0.2, -0.15) is 0 Å². The molecule has 0 aliphatic rings. The van der Waals surface area contributed by atoms with Crippen molar-refractivity contribution in [1.29, 1.82) is 0 Å². The molecule has 5 heteroatoms. The molecule has 0 saturated heterocycles. The van der Waals surface area contributed by atoms with Crippen LogP contribution in [-0.4, -0.2) is 21.4 Å². The molecular weight excluding hydrogens is 394 g/mol. The minimum absolute atomic E-state index is 0.155. The van der Waals surface area contributed by atoms with Gasteiger partial charge in [-0.25, -0.2) is 8.42 Å². The van der Waals surface area contributed by atoms with Crippen molar-refractivity contribution in [1.82, 2.24) is 0 Å². The number of nitrogens with zero attached hydrogens (tertiary/aromatic N) is 1. The average molecular weight is 416 g/mol. The van der Waals surface area contributed by atoms with Crippen molar-refractivity contribution in [3.05, 3.63) is 108 Å². The van der Waals surface area contributed by atoms with E-state index < -0.39 is 9.84 Å². The fourth-order valence-electron chi connectivity index (χ4n) is 3.42. The predicted octanol–water partition coefficient (Wildman–Crippen LogP) is 5.09. The van der Waals surface area contributed by atoms with Crippen LogP contribution in [0.15, 0.2) is 102 Å². The van der Waals surface area contributed by atoms with Crippen LogP contribution >= 0.6 is 0 Å². The lowest BCUT2D eigenvalue weighted by atomic mass is 10.1. The minimum Gasteiger partial charge on any atom is -0.311 e. The number of sulfone groups is 1. The first-order valence-corrected chi connectivity index (χ1v) is 11.2. The quantitative estimate of drug-likeness (QED) is 0.456. The smallest absolute Gasteiger partial charge is 0.258 e. The van der Waals surface area contributed by atoms with Crippen LogP contribution in [0.3, 0.4) is 0 Å². The minimum atomic E-state index is -3.48. The summed E-state index contributed by atoms with van der Waals surface area (Å²) in [6.45, 7) is 0. The topological polar surface area (TPSA) is 54.5 Å². The van der Waals surface area contributed by atoms with E-state index in [1.54, 1.807) is 66.5 Å². The number of rotatable bonds is 5. The van der Waals surface area contributed by atoms with Crippen LogP contribution in [0.25, 0.3) is 10.8 Å². The Morgan fingerprint density at radius 1 is 0.767 bits per heavy atom. The summed E-state index contributed by atoms with van der Waals surface area (Å²) < 4.78 is 25.3. The van der Waals surface area contributed by atoms with E-state index in [0.29, 0.717) is 11.1 Å². The third kappa shape index (κ3) is 4.11. The number of anilines is 1. The highest BCUT2D eigenvalue weighted by Gasteiger charge is 2.18. The SMILES string of the molecule is CN(C(=O)c1cccc(CS(=O)(=O)c2ccccc2)c1)c1ccc2ccccc2c1. The molecule has 0 aliphatic heterocycles. The molecule has 4 aromatic rings. The molecule has 150 valence electrons. The third-order valence-electron chi connectivity index (χ3n) is 5.06. The largest absolute Gasteiger partial charge is 0.311 e. The summed E-state index contributed by atoms with van der Waals surface area (Å²) in [5.74, 6) is -0.345. The molecule has 1 amide bonds. The summed E-state index contributed by atoms with van der Waals surface area (Å²) in [7, 11) is -1.76. The van der Waals surface area contributed by atoms with E-state index in [1.165, 1.54) is 0 Å². The lowest BCUT2D eigenvalue weighted by Gasteiger charge is -2.18. The predicted molar refractivity (Wildman–Crippen MR) is 120 cm³/mol. The molecule has 4 rings (SSSR count). The zero-order chi connectivity index (χ0) is 21.1. The van der Waals surface area contributed by atoms with E-state index in [-0.39, 0.29) is 16.6 Å². The summed E-state index contributed by atoms with van der Waals surface area (Å²) in [5, 5.41) is 2.16. The number of carbonyl (C=O) groups is 1. The Hall–Kier alpha value is -3.44. The van der Waals surface area contributed by atoms with Crippen molar-refractivity contribution >= 4 is 32.2 Å². The van der Waals surface area contributed by atoms with Gasteiger partial charge >= 0.3 is 0 Å². The Morgan fingerprint density at radius 2 is 1.47 bits per heavy atom. The molecule has 0 unspecified atom stereocenters. The van der Waals surface area contributed by atoms with E-state index in [9.17, 15) is 13.2 Å². The van der Waals surface area contributed by atoms with Crippen molar-refractivity contribution in [2.45, 2.75) is 10.6 Å². The van der Waals surface area contributed by atoms with E-state index in [0.717, 1.165) is 16.5 Å². The number of amides is 1. The van der Waals surface area contributed by atoms with Crippen LogP contribution in [0.4, 0.5) is 5.69 Å². The van der Waals surface area contributed by atoms with Gasteiger partial charge in [0.15, 0.2) is 9.84 Å². The first kappa shape index (κ1) is 19.9. The zero-order valence-electron chi connectivity index (χ0n) is 16.5. The molecular formula is C25H21NO3S. The van der Waals surface area contributed by atoms with Gasteiger partial charge in [-0.3, -0.25) is 4.79 Å². The molecule has 4 aromatic carbocycles. The lowest BCUT2D eigenvalue weighted by molar-refractivity contribution is 0.0993. The van der Waals surface area contributed by atoms with Crippen LogP contribution in [0.5, 0.6) is 0 Å². The van der Waals surface area contributed by atoms with Crippen molar-refractivity contribution < 1.29 is 13.2 Å². The van der Waals surface area contributed by atoms with Gasteiger partial charge < -0.3 is 4.90 Å². The van der Waals surface area contributed by atoms with E-state index in [2.05, 4.69) is 0 Å². The summed E-state index contributed by atoms with van der Waals surface area (Å²) in [4.78, 5) is 14.9. The Morgan fingerprint density at radius 3 is 2.23 bits per heavy atom. The molecule has 0 atom stereocenters. The molecule has 0 fully saturated rings. The van der Waals surface area contributed by atoms with Crippen LogP contribution in [0.1, 0.15) is 15.9 Å². The standard InChI is InChI=1S/C25H21NO3S/c1-26(23-15-14-20-9-5-6-10-21(20)17-23)25(27)22-11-7-8-19(16-22)18-30(28,29)24-12-3-2-4-13-24/h2-17H,18H2,1H3. The van der Waals surface area contributed by atoms with Gasteiger partial charge in [0.2, 0.25) is 0 Å². The summed E-state index contributed by atoms with van der Waals surface area (Å²) >= 11 is 0. The fraction of sp³-hybridized carbons (Fsp3) is 0.0800. The summed E-state index contributed by atoms with van der Waals surface area (Å²) in [6.07, 6.45) is 0. The normalized spacial score (nSPS) is 11.4. The fourth-order valence-corrected chi connectivity index (χ4v) is 4.78. The van der Waals surface area contributed by atoms with Crippen LogP contribution < -0.4 is 4.90 Å². The number of benzene rings is 4. The highest BCUT2D eigenvalue weighted by Crippen LogP contribution is 2.23. The average Bonchev–Trinajstić information content (AvgIpc) is 2.78. The number of carbonyl (C=O) groups excluding carboxylic acids is 1. The molecule has 0 aliphatic carbocycles. The Kier molecular flexibility index (Phi) is 5.38. The van der Waals surface area contributed by atoms with Gasteiger partial charge in [-0.1, -0.05) is 60.7 Å². The second kappa shape index (κ2) is 8.13. The second-order valence-electron chi connectivity index (χ2n) is 7.17. The maximum atomic E-state index is 13.0. The number of hydrogen-bond donors (Lipinski definition) is 0. The summed E-state index contributed by atoms with van der Waals surface area (Å²) in [5.41, 5.74) is 1.81. The Labute approximate surface area is 176 Å². The maximum absolute atomic E-state index is 13.0. The number of fused-ring (bicyclic) bond motifs is 1. The lowest BCUT2D eigenvalue weighted by Crippen LogP contribution is -2.26. The van der Waals surface area contributed by atoms with Gasteiger partial charge in [0, 0.05) is 18.3 Å². The van der Waals surface area contributed by atoms with Gasteiger partial charge in [0.05, 0.1) is 10.6 Å². The van der Waals surface area contributed by atoms with Crippen molar-refractivity contribution in [3.8, 4) is 0 Å². The van der Waals surface area contributed by atoms with Crippen molar-refractivity contribution in [3.63, 3.8) is 0 Å². The highest BCUT2D eigenvalue weighted by atomic mass is 32.2. The van der Waals surface area contributed by atoms with Gasteiger partial charge in [0.25, 0.3) is 5.91 Å². The molecule has 0 radical (unpaired) electrons. The second-order valence-corrected chi connectivity index (χ2v) is 9.16. The first-order valence-electron chi connectivity index (χ1n) is 9.58. The van der Waals surface area contributed by atoms with E-state index in [4.69, 9.17) is 0 Å². The third-order valence-corrected chi connectivity index (χ3v) is 6.76. The Balaban J connectivity index is 1.59. The zero-order valence-corrected chi connectivity index (χ0v) is 17.3. The number of hydrogen-bond acceptors (Lipinski definition) is 3. The highest BCUT2D eigenvalue weighted by molar-refractivity contribution is 7.90. The van der Waals surface area contributed by atoms with E-state index >= 15 is 0 Å². The maximum Gasteiger partial charge on any atom is 0.258 e. The van der Waals surface area contributed by atoms with Gasteiger partial charge in [-0.05, 0) is 52.7 Å². The van der Waals surface area contributed by atoms with Crippen LogP contribution in [-0.2, 0) is 15.6 Å². The van der Waals surface area contributed by atoms with Crippen molar-refractivity contribution in [2.24, 2.45) is 0 Å². The Bertz CT molecular complexity index is 1310. The van der Waals surface area contributed by atoms with Gasteiger partial charge in [-0.15, -0.1) is 0 Å². The van der Waals surface area contributed by atoms with Gasteiger partial charge in [0.1, 0.15) is 0 Å².